The number of nitrogen functional groups attached to an aromatic ring is 1. The summed E-state index contributed by atoms with van der Waals surface area (Å²) in [5.74, 6) is 0. The molecule has 1 nitrogen and oxygen atoms in total. The van der Waals surface area contributed by atoms with Crippen molar-refractivity contribution in [2.75, 3.05) is 5.73 Å². The Bertz CT molecular complexity index is 175. The third-order valence-electron chi connectivity index (χ3n) is 0.914. The lowest BCUT2D eigenvalue weighted by atomic mass is 9.99. The zero-order valence-corrected chi connectivity index (χ0v) is 5.46. The van der Waals surface area contributed by atoms with Gasteiger partial charge in [-0.2, -0.15) is 0 Å². The first-order valence-electron chi connectivity index (χ1n) is 2.31. The maximum atomic E-state index is 5.43. The Morgan fingerprint density at radius 2 is 2.38 bits per heavy atom. The molecule has 0 unspecified atom stereocenters. The average Bonchev–Trinajstić information content (AvgIpc) is 1.85. The predicted molar refractivity (Wildman–Crippen MR) is 38.9 cm³/mol. The van der Waals surface area contributed by atoms with Crippen LogP contribution in [-0.2, 0) is 0 Å². The van der Waals surface area contributed by atoms with E-state index in [1.54, 1.807) is 0 Å². The van der Waals surface area contributed by atoms with E-state index in [1.165, 1.54) is 16.2 Å². The fourth-order valence-electron chi connectivity index (χ4n) is 0.552. The van der Waals surface area contributed by atoms with Crippen LogP contribution in [0.15, 0.2) is 6.07 Å². The zero-order chi connectivity index (χ0) is 6.15. The molecule has 0 aromatic carbocycles. The minimum Gasteiger partial charge on any atom is -0.391 e. The third-order valence-corrected chi connectivity index (χ3v) is 1.81. The van der Waals surface area contributed by atoms with Gasteiger partial charge in [-0.05, 0) is 6.92 Å². The maximum Gasteiger partial charge on any atom is 0.117 e. The molecule has 1 heterocycles. The molecule has 0 aliphatic heterocycles. The van der Waals surface area contributed by atoms with Gasteiger partial charge in [0.25, 0.3) is 0 Å². The highest BCUT2D eigenvalue weighted by molar-refractivity contribution is 7.17. The van der Waals surface area contributed by atoms with Crippen molar-refractivity contribution >= 4 is 29.6 Å². The third kappa shape index (κ3) is 0.867. The number of hydrogen-bond donors (Lipinski definition) is 1. The van der Waals surface area contributed by atoms with E-state index in [0.717, 1.165) is 5.00 Å². The molecule has 0 spiro atoms. The van der Waals surface area contributed by atoms with Crippen molar-refractivity contribution in [2.24, 2.45) is 0 Å². The maximum absolute atomic E-state index is 5.43. The van der Waals surface area contributed by atoms with Crippen molar-refractivity contribution in [3.8, 4) is 0 Å². The first-order valence-corrected chi connectivity index (χ1v) is 3.13. The highest BCUT2D eigenvalue weighted by atomic mass is 32.1. The molecular formula is C5H6BNS. The lowest BCUT2D eigenvalue weighted by molar-refractivity contribution is 1.66. The van der Waals surface area contributed by atoms with Gasteiger partial charge in [-0.1, -0.05) is 11.5 Å². The molecular weight excluding hydrogens is 117 g/mol. The average molecular weight is 123 g/mol. The second-order valence-corrected chi connectivity index (χ2v) is 2.96. The van der Waals surface area contributed by atoms with Gasteiger partial charge in [0.2, 0.25) is 0 Å². The van der Waals surface area contributed by atoms with E-state index in [1.807, 2.05) is 13.0 Å². The van der Waals surface area contributed by atoms with Crippen molar-refractivity contribution in [2.45, 2.75) is 6.92 Å². The van der Waals surface area contributed by atoms with Crippen LogP contribution in [0.3, 0.4) is 0 Å². The summed E-state index contributed by atoms with van der Waals surface area (Å²) in [7, 11) is 5.43. The van der Waals surface area contributed by atoms with Crippen LogP contribution in [-0.4, -0.2) is 7.85 Å². The SMILES string of the molecule is [B]c1cc(C)sc1N. The quantitative estimate of drug-likeness (QED) is 0.497. The smallest absolute Gasteiger partial charge is 0.117 e. The summed E-state index contributed by atoms with van der Waals surface area (Å²) in [5, 5.41) is 0.725. The minimum absolute atomic E-state index is 0.701. The van der Waals surface area contributed by atoms with Crippen LogP contribution < -0.4 is 11.2 Å². The summed E-state index contributed by atoms with van der Waals surface area (Å²) in [6.45, 7) is 1.98. The summed E-state index contributed by atoms with van der Waals surface area (Å²) in [6, 6.07) is 1.88. The van der Waals surface area contributed by atoms with Crippen molar-refractivity contribution in [3.05, 3.63) is 10.9 Å². The molecule has 0 fully saturated rings. The van der Waals surface area contributed by atoms with Gasteiger partial charge in [0, 0.05) is 4.88 Å². The number of nitrogens with two attached hydrogens (primary N) is 1. The Morgan fingerprint density at radius 3 is 2.50 bits per heavy atom. The van der Waals surface area contributed by atoms with Crippen LogP contribution in [0.2, 0.25) is 0 Å². The van der Waals surface area contributed by atoms with Crippen molar-refractivity contribution in [1.82, 2.24) is 0 Å². The molecule has 1 aromatic heterocycles. The molecule has 3 heteroatoms. The molecule has 8 heavy (non-hydrogen) atoms. The van der Waals surface area contributed by atoms with Crippen molar-refractivity contribution < 1.29 is 0 Å². The van der Waals surface area contributed by atoms with Crippen molar-refractivity contribution in [1.29, 1.82) is 0 Å². The summed E-state index contributed by atoms with van der Waals surface area (Å²) in [5.41, 5.74) is 6.14. The number of rotatable bonds is 0. The zero-order valence-electron chi connectivity index (χ0n) is 4.64. The van der Waals surface area contributed by atoms with E-state index >= 15 is 0 Å². The molecule has 1 aromatic rings. The Morgan fingerprint density at radius 1 is 1.75 bits per heavy atom. The Balaban J connectivity index is 3.14. The molecule has 0 aliphatic rings. The van der Waals surface area contributed by atoms with Gasteiger partial charge in [0.1, 0.15) is 7.85 Å². The monoisotopic (exact) mass is 123 g/mol. The van der Waals surface area contributed by atoms with Gasteiger partial charge in [-0.3, -0.25) is 0 Å². The Labute approximate surface area is 53.9 Å². The van der Waals surface area contributed by atoms with Crippen LogP contribution in [0.4, 0.5) is 5.00 Å². The van der Waals surface area contributed by atoms with E-state index in [9.17, 15) is 0 Å². The first kappa shape index (κ1) is 5.70. The summed E-state index contributed by atoms with van der Waals surface area (Å²) < 4.78 is 0. The number of anilines is 1. The molecule has 0 atom stereocenters. The molecule has 1 rings (SSSR count). The second-order valence-electron chi connectivity index (χ2n) is 1.68. The van der Waals surface area contributed by atoms with Gasteiger partial charge >= 0.3 is 0 Å². The van der Waals surface area contributed by atoms with Crippen molar-refractivity contribution in [3.63, 3.8) is 0 Å². The molecule has 0 saturated heterocycles. The Hall–Kier alpha value is -0.435. The topological polar surface area (TPSA) is 26.0 Å². The van der Waals surface area contributed by atoms with E-state index < -0.39 is 0 Å². The molecule has 2 N–H and O–H groups in total. The second kappa shape index (κ2) is 1.82. The molecule has 0 bridgehead atoms. The van der Waals surface area contributed by atoms with E-state index in [4.69, 9.17) is 13.6 Å². The molecule has 40 valence electrons. The van der Waals surface area contributed by atoms with Gasteiger partial charge in [0.15, 0.2) is 0 Å². The van der Waals surface area contributed by atoms with Gasteiger partial charge in [-0.25, -0.2) is 0 Å². The minimum atomic E-state index is 0.701. The predicted octanol–water partition coefficient (Wildman–Crippen LogP) is 0.433. The number of aryl methyl sites for hydroxylation is 1. The number of hydrogen-bond acceptors (Lipinski definition) is 2. The Kier molecular flexibility index (Phi) is 1.30. The van der Waals surface area contributed by atoms with E-state index in [-0.39, 0.29) is 0 Å². The summed E-state index contributed by atoms with van der Waals surface area (Å²) in [6.07, 6.45) is 0. The van der Waals surface area contributed by atoms with Crippen LogP contribution in [0, 0.1) is 6.92 Å². The summed E-state index contributed by atoms with van der Waals surface area (Å²) in [4.78, 5) is 1.17. The molecule has 0 amide bonds. The highest BCUT2D eigenvalue weighted by Gasteiger charge is 1.94. The van der Waals surface area contributed by atoms with Gasteiger partial charge in [-0.15, -0.1) is 11.3 Å². The van der Waals surface area contributed by atoms with Crippen LogP contribution in [0.1, 0.15) is 4.88 Å². The van der Waals surface area contributed by atoms with Gasteiger partial charge < -0.3 is 5.73 Å². The fourth-order valence-corrected chi connectivity index (χ4v) is 1.26. The first-order chi connectivity index (χ1) is 3.70. The number of thiophene rings is 1. The van der Waals surface area contributed by atoms with Crippen LogP contribution in [0.5, 0.6) is 0 Å². The normalized spacial score (nSPS) is 9.62. The van der Waals surface area contributed by atoms with Crippen LogP contribution >= 0.6 is 11.3 Å². The highest BCUT2D eigenvalue weighted by Crippen LogP contribution is 2.12. The molecule has 0 saturated carbocycles. The fraction of sp³-hybridized carbons (Fsp3) is 0.200. The lowest BCUT2D eigenvalue weighted by Crippen LogP contribution is -2.02. The van der Waals surface area contributed by atoms with Crippen LogP contribution in [0.25, 0.3) is 0 Å². The summed E-state index contributed by atoms with van der Waals surface area (Å²) >= 11 is 1.52. The standard InChI is InChI=1S/C5H6BNS/c1-3-2-4(6)5(7)8-3/h2H,7H2,1H3. The van der Waals surface area contributed by atoms with E-state index in [0.29, 0.717) is 5.46 Å². The van der Waals surface area contributed by atoms with Gasteiger partial charge in [0.05, 0.1) is 5.00 Å². The van der Waals surface area contributed by atoms with E-state index in [2.05, 4.69) is 0 Å². The lowest BCUT2D eigenvalue weighted by Gasteiger charge is -1.81. The largest absolute Gasteiger partial charge is 0.391 e. The molecule has 2 radical (unpaired) electrons. The molecule has 0 aliphatic carbocycles.